The quantitative estimate of drug-likeness (QED) is 0.552. The molecule has 4 heterocycles. The lowest BCUT2D eigenvalue weighted by Crippen LogP contribution is -2.73. The number of hydrogen-bond donors (Lipinski definition) is 1. The van der Waals surface area contributed by atoms with Gasteiger partial charge in [-0.2, -0.15) is 0 Å². The summed E-state index contributed by atoms with van der Waals surface area (Å²) in [6, 6.07) is -1.12. The Hall–Kier alpha value is -2.83. The lowest BCUT2D eigenvalue weighted by molar-refractivity contribution is -0.162. The van der Waals surface area contributed by atoms with E-state index in [9.17, 15) is 14.4 Å². The molecule has 2 amide bonds. The average Bonchev–Trinajstić information content (AvgIpc) is 3.13. The molecule has 0 bridgehead atoms. The minimum absolute atomic E-state index is 0.0345. The Morgan fingerprint density at radius 3 is 2.62 bits per heavy atom. The Morgan fingerprint density at radius 1 is 1.31 bits per heavy atom. The third-order valence-corrected chi connectivity index (χ3v) is 6.13. The van der Waals surface area contributed by atoms with E-state index < -0.39 is 35.8 Å². The molecule has 3 aliphatic rings. The van der Waals surface area contributed by atoms with Gasteiger partial charge in [-0.25, -0.2) is 14.3 Å². The van der Waals surface area contributed by atoms with Gasteiger partial charge in [-0.1, -0.05) is 0 Å². The largest absolute Gasteiger partial charge is 0.512 e. The summed E-state index contributed by atoms with van der Waals surface area (Å²) < 4.78 is 11.8. The van der Waals surface area contributed by atoms with Crippen molar-refractivity contribution in [2.45, 2.75) is 50.0 Å². The highest BCUT2D eigenvalue weighted by Crippen LogP contribution is 2.53. The van der Waals surface area contributed by atoms with Crippen molar-refractivity contribution in [1.82, 2.24) is 30.0 Å². The third-order valence-electron chi connectivity index (χ3n) is 4.90. The summed E-state index contributed by atoms with van der Waals surface area (Å²) in [7, 11) is 1.66. The van der Waals surface area contributed by atoms with Gasteiger partial charge in [-0.15, -0.1) is 5.10 Å². The fourth-order valence-electron chi connectivity index (χ4n) is 3.83. The van der Waals surface area contributed by atoms with Crippen molar-refractivity contribution in [2.75, 3.05) is 6.54 Å². The zero-order valence-corrected chi connectivity index (χ0v) is 17.0. The second kappa shape index (κ2) is 6.61. The van der Waals surface area contributed by atoms with Gasteiger partial charge in [0.05, 0.1) is 10.9 Å². The fourth-order valence-corrected chi connectivity index (χ4v) is 4.91. The van der Waals surface area contributed by atoms with Gasteiger partial charge in [-0.05, 0) is 49.4 Å². The van der Waals surface area contributed by atoms with Gasteiger partial charge in [-0.3, -0.25) is 14.6 Å². The van der Waals surface area contributed by atoms with Crippen LogP contribution in [0.2, 0.25) is 0 Å². The standard InChI is InChI=1S/C16H20N6O6S/c1-16(2,3)28-14(24)21-6-5-7-8-9(21)11(23)22(8)12(27-15(25)26)10(7)29-13-17-18-19-20(13)4/h7-9H,5-6H2,1-4H3,(H,25,26)/t7?,8-,9+/m1/s1. The molecular weight excluding hydrogens is 404 g/mol. The van der Waals surface area contributed by atoms with Crippen LogP contribution in [0.1, 0.15) is 27.2 Å². The smallest absolute Gasteiger partial charge is 0.449 e. The normalized spacial score (nSPS) is 25.7. The maximum absolute atomic E-state index is 12.9. The number of amides is 2. The summed E-state index contributed by atoms with van der Waals surface area (Å²) in [5.74, 6) is -0.617. The van der Waals surface area contributed by atoms with E-state index in [1.165, 1.54) is 14.5 Å². The molecule has 1 N–H and O–H groups in total. The molecular formula is C16H20N6O6S. The summed E-state index contributed by atoms with van der Waals surface area (Å²) in [5.41, 5.74) is -0.689. The number of rotatable bonds is 3. The number of ether oxygens (including phenoxy) is 2. The number of tetrazole rings is 1. The maximum Gasteiger partial charge on any atom is 0.512 e. The molecule has 0 spiro atoms. The molecule has 1 unspecified atom stereocenters. The Bertz CT molecular complexity index is 923. The van der Waals surface area contributed by atoms with Crippen LogP contribution in [0.15, 0.2) is 15.9 Å². The molecule has 0 aromatic carbocycles. The molecule has 3 atom stereocenters. The van der Waals surface area contributed by atoms with Crippen LogP contribution in [0.3, 0.4) is 0 Å². The summed E-state index contributed by atoms with van der Waals surface area (Å²) in [5, 5.41) is 20.9. The number of aryl methyl sites for hydroxylation is 1. The van der Waals surface area contributed by atoms with Crippen LogP contribution in [0.5, 0.6) is 0 Å². The monoisotopic (exact) mass is 424 g/mol. The molecule has 12 nitrogen and oxygen atoms in total. The van der Waals surface area contributed by atoms with Crippen molar-refractivity contribution in [1.29, 1.82) is 0 Å². The van der Waals surface area contributed by atoms with Crippen molar-refractivity contribution in [3.05, 3.63) is 10.8 Å². The first kappa shape index (κ1) is 19.5. The van der Waals surface area contributed by atoms with Crippen molar-refractivity contribution < 1.29 is 29.0 Å². The van der Waals surface area contributed by atoms with E-state index in [1.807, 2.05) is 0 Å². The Kier molecular flexibility index (Phi) is 4.44. The molecule has 3 aliphatic heterocycles. The molecule has 0 aliphatic carbocycles. The molecule has 1 aromatic rings. The number of nitrogens with zero attached hydrogens (tertiary/aromatic N) is 6. The van der Waals surface area contributed by atoms with E-state index in [0.29, 0.717) is 23.0 Å². The third kappa shape index (κ3) is 3.18. The number of likely N-dealkylation sites (tertiary alicyclic amines) is 1. The number of hydrogen-bond acceptors (Lipinski definition) is 9. The molecule has 156 valence electrons. The average molecular weight is 424 g/mol. The van der Waals surface area contributed by atoms with Gasteiger partial charge >= 0.3 is 12.2 Å². The van der Waals surface area contributed by atoms with E-state index in [1.54, 1.807) is 27.8 Å². The highest BCUT2D eigenvalue weighted by Gasteiger charge is 2.65. The van der Waals surface area contributed by atoms with E-state index in [-0.39, 0.29) is 11.8 Å². The highest BCUT2D eigenvalue weighted by atomic mass is 32.2. The number of carboxylic acid groups (broad SMARTS) is 1. The molecule has 29 heavy (non-hydrogen) atoms. The van der Waals surface area contributed by atoms with Gasteiger partial charge in [0.25, 0.3) is 5.91 Å². The Morgan fingerprint density at radius 2 is 2.03 bits per heavy atom. The molecule has 2 fully saturated rings. The lowest BCUT2D eigenvalue weighted by Gasteiger charge is -2.52. The summed E-state index contributed by atoms with van der Waals surface area (Å²) in [6.07, 6.45) is -1.56. The van der Waals surface area contributed by atoms with Gasteiger partial charge in [0.1, 0.15) is 11.6 Å². The molecule has 2 saturated heterocycles. The fraction of sp³-hybridized carbons (Fsp3) is 0.625. The number of carbonyl (C=O) groups excluding carboxylic acids is 2. The number of carbonyl (C=O) groups is 3. The molecule has 0 saturated carbocycles. The Balaban J connectivity index is 1.63. The number of thioether (sulfide) groups is 1. The van der Waals surface area contributed by atoms with Crippen molar-refractivity contribution in [3.63, 3.8) is 0 Å². The van der Waals surface area contributed by atoms with E-state index in [2.05, 4.69) is 15.5 Å². The highest BCUT2D eigenvalue weighted by molar-refractivity contribution is 8.03. The summed E-state index contributed by atoms with van der Waals surface area (Å²) in [6.45, 7) is 5.58. The van der Waals surface area contributed by atoms with Gasteiger partial charge < -0.3 is 14.6 Å². The van der Waals surface area contributed by atoms with Crippen LogP contribution in [-0.4, -0.2) is 77.5 Å². The van der Waals surface area contributed by atoms with Crippen molar-refractivity contribution in [3.8, 4) is 0 Å². The van der Waals surface area contributed by atoms with Crippen LogP contribution in [-0.2, 0) is 21.3 Å². The van der Waals surface area contributed by atoms with Crippen molar-refractivity contribution >= 4 is 29.9 Å². The maximum atomic E-state index is 12.9. The van der Waals surface area contributed by atoms with Crippen LogP contribution in [0.25, 0.3) is 0 Å². The zero-order valence-electron chi connectivity index (χ0n) is 16.2. The molecule has 4 rings (SSSR count). The van der Waals surface area contributed by atoms with Crippen LogP contribution >= 0.6 is 11.8 Å². The number of β-lactam (4-membered cyclic amide) rings is 1. The minimum atomic E-state index is -1.52. The SMILES string of the molecule is Cn1nnnc1SC1=C(OC(=O)O)N2C(=O)[C@@H]3[C@H]2C1CCN3C(=O)OC(C)(C)C. The Labute approximate surface area is 169 Å². The number of aromatic nitrogens is 4. The minimum Gasteiger partial charge on any atom is -0.449 e. The first-order valence-corrected chi connectivity index (χ1v) is 9.78. The zero-order chi connectivity index (χ0) is 21.1. The van der Waals surface area contributed by atoms with Gasteiger partial charge in [0.2, 0.25) is 11.0 Å². The molecule has 13 heteroatoms. The van der Waals surface area contributed by atoms with E-state index in [0.717, 1.165) is 11.8 Å². The second-order valence-corrected chi connectivity index (χ2v) is 8.95. The number of piperidine rings is 1. The predicted octanol–water partition coefficient (Wildman–Crippen LogP) is 1.02. The second-order valence-electron chi connectivity index (χ2n) is 7.94. The summed E-state index contributed by atoms with van der Waals surface area (Å²) in [4.78, 5) is 40.0. The van der Waals surface area contributed by atoms with Crippen LogP contribution < -0.4 is 0 Å². The predicted molar refractivity (Wildman–Crippen MR) is 96.3 cm³/mol. The molecule has 0 radical (unpaired) electrons. The van der Waals surface area contributed by atoms with Crippen molar-refractivity contribution in [2.24, 2.45) is 13.0 Å². The topological polar surface area (TPSA) is 140 Å². The molecule has 1 aromatic heterocycles. The van der Waals surface area contributed by atoms with Crippen LogP contribution in [0, 0.1) is 5.92 Å². The van der Waals surface area contributed by atoms with Gasteiger partial charge in [0.15, 0.2) is 0 Å². The summed E-state index contributed by atoms with van der Waals surface area (Å²) >= 11 is 1.16. The first-order valence-electron chi connectivity index (χ1n) is 8.96. The lowest BCUT2D eigenvalue weighted by atomic mass is 9.81. The van der Waals surface area contributed by atoms with Crippen LogP contribution in [0.4, 0.5) is 9.59 Å². The van der Waals surface area contributed by atoms with E-state index in [4.69, 9.17) is 14.6 Å². The first-order chi connectivity index (χ1) is 13.6. The van der Waals surface area contributed by atoms with Gasteiger partial charge in [0, 0.05) is 19.5 Å². The van der Waals surface area contributed by atoms with E-state index >= 15 is 0 Å².